The summed E-state index contributed by atoms with van der Waals surface area (Å²) < 4.78 is 1.78. The first kappa shape index (κ1) is 16.8. The van der Waals surface area contributed by atoms with Crippen molar-refractivity contribution in [2.24, 2.45) is 0 Å². The second-order valence-corrected chi connectivity index (χ2v) is 7.57. The van der Waals surface area contributed by atoms with E-state index < -0.39 is 0 Å². The summed E-state index contributed by atoms with van der Waals surface area (Å²) in [7, 11) is 0. The first-order valence-electron chi connectivity index (χ1n) is 8.75. The standard InChI is InChI=1S/C19H20N4O2S/c1-11-15-18(22-14-9-3-2-6-10-23(14)19(15)25)26-16(11)17(24)21-13-8-5-4-7-12(13)20/h4-5,7-8H,2-3,6,9-10,20H2,1H3,(H,21,24). The summed E-state index contributed by atoms with van der Waals surface area (Å²) in [6, 6.07) is 7.12. The second kappa shape index (κ2) is 6.57. The molecule has 1 amide bonds. The molecule has 1 aromatic carbocycles. The lowest BCUT2D eigenvalue weighted by atomic mass is 10.2. The van der Waals surface area contributed by atoms with Gasteiger partial charge in [-0.3, -0.25) is 14.2 Å². The molecule has 3 aromatic rings. The smallest absolute Gasteiger partial charge is 0.266 e. The fourth-order valence-corrected chi connectivity index (χ4v) is 4.50. The molecule has 7 heteroatoms. The molecule has 3 heterocycles. The third-order valence-corrected chi connectivity index (χ3v) is 6.01. The number of carbonyl (C=O) groups is 1. The number of aromatic nitrogens is 2. The number of para-hydroxylation sites is 2. The Morgan fingerprint density at radius 2 is 2.08 bits per heavy atom. The molecule has 1 aliphatic rings. The van der Waals surface area contributed by atoms with Crippen LogP contribution in [0.2, 0.25) is 0 Å². The zero-order valence-electron chi connectivity index (χ0n) is 14.5. The van der Waals surface area contributed by atoms with Crippen LogP contribution in [0.4, 0.5) is 11.4 Å². The maximum atomic E-state index is 13.0. The first-order chi connectivity index (χ1) is 12.6. The Kier molecular flexibility index (Phi) is 4.24. The van der Waals surface area contributed by atoms with Crippen molar-refractivity contribution >= 4 is 38.8 Å². The lowest BCUT2D eigenvalue weighted by Crippen LogP contribution is -2.24. The Morgan fingerprint density at radius 3 is 2.88 bits per heavy atom. The van der Waals surface area contributed by atoms with E-state index in [1.165, 1.54) is 11.3 Å². The van der Waals surface area contributed by atoms with Crippen molar-refractivity contribution < 1.29 is 4.79 Å². The van der Waals surface area contributed by atoms with Gasteiger partial charge < -0.3 is 11.1 Å². The van der Waals surface area contributed by atoms with Gasteiger partial charge in [0.2, 0.25) is 0 Å². The van der Waals surface area contributed by atoms with Crippen molar-refractivity contribution in [1.82, 2.24) is 9.55 Å². The second-order valence-electron chi connectivity index (χ2n) is 6.57. The molecule has 26 heavy (non-hydrogen) atoms. The van der Waals surface area contributed by atoms with Crippen LogP contribution < -0.4 is 16.6 Å². The Morgan fingerprint density at radius 1 is 1.27 bits per heavy atom. The highest BCUT2D eigenvalue weighted by molar-refractivity contribution is 7.20. The molecule has 0 aliphatic carbocycles. The zero-order chi connectivity index (χ0) is 18.3. The number of nitrogen functional groups attached to an aromatic ring is 1. The molecule has 134 valence electrons. The summed E-state index contributed by atoms with van der Waals surface area (Å²) in [6.45, 7) is 2.52. The van der Waals surface area contributed by atoms with Crippen LogP contribution in [0.1, 0.15) is 40.3 Å². The van der Waals surface area contributed by atoms with Gasteiger partial charge in [0.25, 0.3) is 11.5 Å². The highest BCUT2D eigenvalue weighted by Crippen LogP contribution is 2.29. The molecule has 0 saturated carbocycles. The van der Waals surface area contributed by atoms with Gasteiger partial charge in [0, 0.05) is 13.0 Å². The number of anilines is 2. The SMILES string of the molecule is Cc1c(C(=O)Nc2ccccc2N)sc2nc3n(c(=O)c12)CCCCC3. The van der Waals surface area contributed by atoms with Crippen molar-refractivity contribution in [2.45, 2.75) is 39.2 Å². The summed E-state index contributed by atoms with van der Waals surface area (Å²) >= 11 is 1.27. The lowest BCUT2D eigenvalue weighted by Gasteiger charge is -2.08. The van der Waals surface area contributed by atoms with Gasteiger partial charge in [0.15, 0.2) is 0 Å². The normalized spacial score (nSPS) is 14.0. The average Bonchev–Trinajstić information content (AvgIpc) is 2.80. The maximum Gasteiger partial charge on any atom is 0.266 e. The number of benzene rings is 1. The monoisotopic (exact) mass is 368 g/mol. The number of hydrogen-bond donors (Lipinski definition) is 2. The molecule has 0 atom stereocenters. The van der Waals surface area contributed by atoms with Crippen LogP contribution in [0, 0.1) is 6.92 Å². The number of hydrogen-bond acceptors (Lipinski definition) is 5. The highest BCUT2D eigenvalue weighted by Gasteiger charge is 2.22. The van der Waals surface area contributed by atoms with E-state index in [0.717, 1.165) is 31.5 Å². The first-order valence-corrected chi connectivity index (χ1v) is 9.56. The van der Waals surface area contributed by atoms with Crippen molar-refractivity contribution in [1.29, 1.82) is 0 Å². The van der Waals surface area contributed by atoms with E-state index in [-0.39, 0.29) is 11.5 Å². The summed E-state index contributed by atoms with van der Waals surface area (Å²) in [5.41, 5.74) is 7.63. The van der Waals surface area contributed by atoms with Gasteiger partial charge in [-0.25, -0.2) is 4.98 Å². The van der Waals surface area contributed by atoms with Crippen LogP contribution >= 0.6 is 11.3 Å². The molecule has 1 aliphatic heterocycles. The fourth-order valence-electron chi connectivity index (χ4n) is 3.42. The third-order valence-electron chi connectivity index (χ3n) is 4.83. The summed E-state index contributed by atoms with van der Waals surface area (Å²) in [5.74, 6) is 0.573. The van der Waals surface area contributed by atoms with Crippen molar-refractivity contribution in [3.05, 3.63) is 50.9 Å². The molecule has 0 radical (unpaired) electrons. The molecule has 0 bridgehead atoms. The lowest BCUT2D eigenvalue weighted by molar-refractivity contribution is 0.103. The Balaban J connectivity index is 1.78. The van der Waals surface area contributed by atoms with E-state index in [4.69, 9.17) is 10.7 Å². The van der Waals surface area contributed by atoms with Gasteiger partial charge in [-0.1, -0.05) is 18.6 Å². The number of aryl methyl sites for hydroxylation is 2. The summed E-state index contributed by atoms with van der Waals surface area (Å²) in [4.78, 5) is 31.6. The Hall–Kier alpha value is -2.67. The molecular weight excluding hydrogens is 348 g/mol. The molecule has 0 saturated heterocycles. The number of nitrogens with one attached hydrogen (secondary N) is 1. The largest absolute Gasteiger partial charge is 0.397 e. The van der Waals surface area contributed by atoms with E-state index in [1.807, 2.05) is 19.1 Å². The van der Waals surface area contributed by atoms with Crippen molar-refractivity contribution in [3.63, 3.8) is 0 Å². The number of fused-ring (bicyclic) bond motifs is 2. The van der Waals surface area contributed by atoms with E-state index in [0.29, 0.717) is 38.6 Å². The number of amides is 1. The Bertz CT molecular complexity index is 1070. The number of carbonyl (C=O) groups excluding carboxylic acids is 1. The molecule has 2 aromatic heterocycles. The third kappa shape index (κ3) is 2.78. The molecule has 0 unspecified atom stereocenters. The van der Waals surface area contributed by atoms with Gasteiger partial charge in [-0.05, 0) is 37.5 Å². The number of thiophene rings is 1. The predicted octanol–water partition coefficient (Wildman–Crippen LogP) is 3.33. The summed E-state index contributed by atoms with van der Waals surface area (Å²) in [6.07, 6.45) is 3.96. The molecule has 3 N–H and O–H groups in total. The minimum atomic E-state index is -0.261. The molecule has 6 nitrogen and oxygen atoms in total. The van der Waals surface area contributed by atoms with Crippen LogP contribution in [-0.2, 0) is 13.0 Å². The predicted molar refractivity (Wildman–Crippen MR) is 105 cm³/mol. The summed E-state index contributed by atoms with van der Waals surface area (Å²) in [5, 5.41) is 3.40. The van der Waals surface area contributed by atoms with Gasteiger partial charge in [0.1, 0.15) is 10.7 Å². The maximum absolute atomic E-state index is 13.0. The van der Waals surface area contributed by atoms with Gasteiger partial charge in [-0.2, -0.15) is 0 Å². The Labute approximate surface area is 154 Å². The van der Waals surface area contributed by atoms with Crippen LogP contribution in [-0.4, -0.2) is 15.5 Å². The van der Waals surface area contributed by atoms with Crippen LogP contribution in [0.25, 0.3) is 10.2 Å². The zero-order valence-corrected chi connectivity index (χ0v) is 15.4. The molecule has 0 spiro atoms. The molecule has 4 rings (SSSR count). The van der Waals surface area contributed by atoms with Gasteiger partial charge in [-0.15, -0.1) is 11.3 Å². The van der Waals surface area contributed by atoms with Gasteiger partial charge >= 0.3 is 0 Å². The minimum absolute atomic E-state index is 0.0288. The molecular formula is C19H20N4O2S. The van der Waals surface area contributed by atoms with Crippen LogP contribution in [0.5, 0.6) is 0 Å². The average molecular weight is 368 g/mol. The number of rotatable bonds is 2. The van der Waals surface area contributed by atoms with E-state index in [9.17, 15) is 9.59 Å². The van der Waals surface area contributed by atoms with E-state index >= 15 is 0 Å². The number of nitrogens with two attached hydrogens (primary N) is 1. The number of nitrogens with zero attached hydrogens (tertiary/aromatic N) is 2. The van der Waals surface area contributed by atoms with E-state index in [1.54, 1.807) is 16.7 Å². The highest BCUT2D eigenvalue weighted by atomic mass is 32.1. The molecule has 0 fully saturated rings. The van der Waals surface area contributed by atoms with Crippen LogP contribution in [0.15, 0.2) is 29.1 Å². The topological polar surface area (TPSA) is 90.0 Å². The van der Waals surface area contributed by atoms with Crippen LogP contribution in [0.3, 0.4) is 0 Å². The fraction of sp³-hybridized carbons (Fsp3) is 0.316. The van der Waals surface area contributed by atoms with E-state index in [2.05, 4.69) is 5.32 Å². The quantitative estimate of drug-likeness (QED) is 0.679. The van der Waals surface area contributed by atoms with Crippen molar-refractivity contribution in [2.75, 3.05) is 11.1 Å². The van der Waals surface area contributed by atoms with Crippen molar-refractivity contribution in [3.8, 4) is 0 Å². The van der Waals surface area contributed by atoms with Gasteiger partial charge in [0.05, 0.1) is 21.6 Å². The minimum Gasteiger partial charge on any atom is -0.397 e.